The average molecular weight is 1470 g/mol. The van der Waals surface area contributed by atoms with E-state index in [0.717, 1.165) is 134 Å². The van der Waals surface area contributed by atoms with Crippen molar-refractivity contribution in [1.29, 1.82) is 0 Å². The number of hydrogen-bond donors (Lipinski definition) is 0. The van der Waals surface area contributed by atoms with Crippen LogP contribution in [0.25, 0.3) is 232 Å². The SMILES string of the molecule is c1cc(-c2ccc3ccccc3c2)cc(-c2cc(-c3ccc(-c4cncc5ccccc45)cc3)nc(-c3ccc(-c4ccc(-c5ccc6c(-c7ccc(-c8cc(-c9ccc(-c%10cncc%11ccccc%10%11)cc9)nc(-c9cccc(-c%10cc%11ccccc%11c%11ccccc%10%11)c9)n8)cc7)cc7ccccc7c6c5)c5ccccc45)cc3)n2)c1. The molecule has 6 nitrogen and oxygen atoms in total. The van der Waals surface area contributed by atoms with Gasteiger partial charge in [0.05, 0.1) is 22.8 Å². The van der Waals surface area contributed by atoms with E-state index in [4.69, 9.17) is 19.9 Å². The van der Waals surface area contributed by atoms with E-state index in [2.05, 4.69) is 398 Å². The lowest BCUT2D eigenvalue weighted by Crippen LogP contribution is -1.96. The van der Waals surface area contributed by atoms with Gasteiger partial charge in [-0.25, -0.2) is 19.9 Å². The fourth-order valence-corrected chi connectivity index (χ4v) is 17.4. The molecule has 0 N–H and O–H groups in total. The van der Waals surface area contributed by atoms with Gasteiger partial charge in [0.1, 0.15) is 0 Å². The Kier molecular flexibility index (Phi) is 16.5. The summed E-state index contributed by atoms with van der Waals surface area (Å²) in [4.78, 5) is 30.9. The van der Waals surface area contributed by atoms with E-state index in [1.165, 1.54) is 86.5 Å². The van der Waals surface area contributed by atoms with Crippen LogP contribution < -0.4 is 0 Å². The molecular weight excluding hydrogens is 1410 g/mol. The zero-order valence-corrected chi connectivity index (χ0v) is 62.9. The molecule has 0 radical (unpaired) electrons. The maximum absolute atomic E-state index is 5.46. The molecule has 116 heavy (non-hydrogen) atoms. The molecule has 0 atom stereocenters. The smallest absolute Gasteiger partial charge is 0.160 e. The molecule has 0 spiro atoms. The van der Waals surface area contributed by atoms with Crippen molar-refractivity contribution >= 4 is 86.2 Å². The fourth-order valence-electron chi connectivity index (χ4n) is 17.4. The summed E-state index contributed by atoms with van der Waals surface area (Å²) in [7, 11) is 0. The number of rotatable bonds is 13. The molecule has 18 aromatic carbocycles. The molecule has 0 saturated heterocycles. The quantitative estimate of drug-likeness (QED) is 0.107. The lowest BCUT2D eigenvalue weighted by molar-refractivity contribution is 1.18. The highest BCUT2D eigenvalue weighted by atomic mass is 14.9. The molecule has 0 fully saturated rings. The molecule has 0 aliphatic heterocycles. The number of nitrogens with zero attached hydrogens (tertiary/aromatic N) is 6. The molecule has 22 rings (SSSR count). The van der Waals surface area contributed by atoms with Crippen molar-refractivity contribution in [2.75, 3.05) is 0 Å². The van der Waals surface area contributed by atoms with Gasteiger partial charge in [0, 0.05) is 80.1 Å². The lowest BCUT2D eigenvalue weighted by Gasteiger charge is -2.16. The maximum Gasteiger partial charge on any atom is 0.160 e. The Morgan fingerprint density at radius 3 is 1.03 bits per heavy atom. The Hall–Kier alpha value is -15.5. The minimum atomic E-state index is 0.650. The van der Waals surface area contributed by atoms with Crippen molar-refractivity contribution in [2.45, 2.75) is 0 Å². The van der Waals surface area contributed by atoms with Crippen molar-refractivity contribution in [3.05, 3.63) is 413 Å². The first-order chi connectivity index (χ1) is 57.4. The summed E-state index contributed by atoms with van der Waals surface area (Å²) in [5, 5.41) is 18.9. The van der Waals surface area contributed by atoms with Crippen LogP contribution in [-0.2, 0) is 0 Å². The van der Waals surface area contributed by atoms with Gasteiger partial charge in [-0.2, -0.15) is 0 Å². The van der Waals surface area contributed by atoms with Crippen LogP contribution in [-0.4, -0.2) is 29.9 Å². The Labute approximate surface area is 670 Å². The zero-order valence-electron chi connectivity index (χ0n) is 62.9. The van der Waals surface area contributed by atoms with Crippen molar-refractivity contribution in [1.82, 2.24) is 29.9 Å². The molecule has 0 aliphatic carbocycles. The minimum Gasteiger partial charge on any atom is -0.263 e. The molecule has 538 valence electrons. The van der Waals surface area contributed by atoms with Crippen LogP contribution >= 0.6 is 0 Å². The summed E-state index contributed by atoms with van der Waals surface area (Å²) in [5.74, 6) is 1.30. The van der Waals surface area contributed by atoms with Crippen LogP contribution in [0.3, 0.4) is 0 Å². The van der Waals surface area contributed by atoms with Crippen LogP contribution in [0.2, 0.25) is 0 Å². The van der Waals surface area contributed by atoms with E-state index in [9.17, 15) is 0 Å². The average Bonchev–Trinajstić information content (AvgIpc) is 0.743. The molecule has 0 unspecified atom stereocenters. The van der Waals surface area contributed by atoms with Gasteiger partial charge in [0.15, 0.2) is 11.6 Å². The van der Waals surface area contributed by atoms with Crippen LogP contribution in [0, 0.1) is 0 Å². The minimum absolute atomic E-state index is 0.650. The summed E-state index contributed by atoms with van der Waals surface area (Å²) in [6.45, 7) is 0. The molecule has 6 heteroatoms. The third-order valence-electron chi connectivity index (χ3n) is 23.3. The first-order valence-corrected chi connectivity index (χ1v) is 39.4. The standard InChI is InChI=1S/C110H68N6/c1-2-18-78-57-80(52-35-69(78)17-1)79-23-15-25-85(58-79)108-64-107(76-48-40-73(41-49-76)104-68-112-66-88-22-6-10-30-92(88)104)113-109(116-108)77-50-42-70(43-51-77)93-55-56-94(97-33-12-11-32-96(93)97)84-53-54-99-100(60-83-20-4-8-28-90(83)102(99)62-84)71-36-44-74(45-37-71)105-63-106(75-46-38-72(39-47-75)103-67-111-65-87-21-5-9-29-91(87)103)115-110(114-105)86-26-16-24-81(59-86)101-61-82-19-3-7-27-89(82)95-31-13-14-34-98(95)101/h1-68H. The van der Waals surface area contributed by atoms with Crippen LogP contribution in [0.15, 0.2) is 413 Å². The van der Waals surface area contributed by atoms with Crippen molar-refractivity contribution < 1.29 is 0 Å². The van der Waals surface area contributed by atoms with Gasteiger partial charge in [0.25, 0.3) is 0 Å². The molecule has 22 aromatic rings. The monoisotopic (exact) mass is 1470 g/mol. The predicted molar refractivity (Wildman–Crippen MR) is 484 cm³/mol. The molecule has 0 amide bonds. The topological polar surface area (TPSA) is 77.3 Å². The summed E-state index contributed by atoms with van der Waals surface area (Å²) in [6.07, 6.45) is 7.77. The molecular formula is C110H68N6. The fraction of sp³-hybridized carbons (Fsp3) is 0. The summed E-state index contributed by atoms with van der Waals surface area (Å²) in [6, 6.07) is 140. The van der Waals surface area contributed by atoms with E-state index in [1.807, 2.05) is 24.8 Å². The molecule has 0 bridgehead atoms. The van der Waals surface area contributed by atoms with Crippen LogP contribution in [0.1, 0.15) is 0 Å². The van der Waals surface area contributed by atoms with Gasteiger partial charge in [-0.1, -0.05) is 340 Å². The number of aromatic nitrogens is 6. The van der Waals surface area contributed by atoms with Crippen LogP contribution in [0.5, 0.6) is 0 Å². The van der Waals surface area contributed by atoms with Gasteiger partial charge in [0.2, 0.25) is 0 Å². The Bertz CT molecular complexity index is 7670. The number of fused-ring (bicyclic) bond motifs is 10. The summed E-state index contributed by atoms with van der Waals surface area (Å²) < 4.78 is 0. The van der Waals surface area contributed by atoms with E-state index in [-0.39, 0.29) is 0 Å². The number of hydrogen-bond acceptors (Lipinski definition) is 6. The van der Waals surface area contributed by atoms with E-state index in [1.54, 1.807) is 0 Å². The second-order valence-electron chi connectivity index (χ2n) is 30.1. The first kappa shape index (κ1) is 67.4. The number of pyridine rings is 2. The Balaban J connectivity index is 0.596. The third kappa shape index (κ3) is 12.2. The van der Waals surface area contributed by atoms with Crippen molar-refractivity contribution in [2.24, 2.45) is 0 Å². The molecule has 0 saturated carbocycles. The second kappa shape index (κ2) is 28.4. The van der Waals surface area contributed by atoms with Gasteiger partial charge >= 0.3 is 0 Å². The third-order valence-corrected chi connectivity index (χ3v) is 23.3. The van der Waals surface area contributed by atoms with Gasteiger partial charge in [-0.05, 0) is 191 Å². The largest absolute Gasteiger partial charge is 0.263 e. The second-order valence-corrected chi connectivity index (χ2v) is 30.1. The molecule has 4 heterocycles. The predicted octanol–water partition coefficient (Wildman–Crippen LogP) is 29.0. The first-order valence-electron chi connectivity index (χ1n) is 39.4. The number of benzene rings is 18. The van der Waals surface area contributed by atoms with Gasteiger partial charge in [-0.3, -0.25) is 9.97 Å². The van der Waals surface area contributed by atoms with Gasteiger partial charge < -0.3 is 0 Å². The maximum atomic E-state index is 5.46. The highest BCUT2D eigenvalue weighted by Gasteiger charge is 2.21. The normalized spacial score (nSPS) is 11.6. The Morgan fingerprint density at radius 1 is 0.129 bits per heavy atom. The molecule has 4 aromatic heterocycles. The van der Waals surface area contributed by atoms with Crippen LogP contribution in [0.4, 0.5) is 0 Å². The van der Waals surface area contributed by atoms with E-state index in [0.29, 0.717) is 11.6 Å². The van der Waals surface area contributed by atoms with Crippen molar-refractivity contribution in [3.8, 4) is 146 Å². The summed E-state index contributed by atoms with van der Waals surface area (Å²) in [5.41, 5.74) is 25.0. The van der Waals surface area contributed by atoms with E-state index < -0.39 is 0 Å². The Morgan fingerprint density at radius 2 is 0.466 bits per heavy atom. The van der Waals surface area contributed by atoms with Gasteiger partial charge in [-0.15, -0.1) is 0 Å². The van der Waals surface area contributed by atoms with E-state index >= 15 is 0 Å². The van der Waals surface area contributed by atoms with Crippen molar-refractivity contribution in [3.63, 3.8) is 0 Å². The zero-order chi connectivity index (χ0) is 76.6. The molecule has 0 aliphatic rings. The lowest BCUT2D eigenvalue weighted by atomic mass is 9.88. The summed E-state index contributed by atoms with van der Waals surface area (Å²) >= 11 is 0. The highest BCUT2D eigenvalue weighted by Crippen LogP contribution is 2.45. The highest BCUT2D eigenvalue weighted by molar-refractivity contribution is 6.17.